The number of para-hydroxylation sites is 1. The Morgan fingerprint density at radius 2 is 1.85 bits per heavy atom. The van der Waals surface area contributed by atoms with E-state index in [1.165, 1.54) is 15.9 Å². The molecule has 1 amide bonds. The number of carbonyl (C=O) groups is 2. The van der Waals surface area contributed by atoms with Gasteiger partial charge >= 0.3 is 5.97 Å². The molecule has 1 aliphatic heterocycles. The molecule has 4 aromatic rings. The molecule has 1 aromatic heterocycles. The Kier molecular flexibility index (Phi) is 7.44. The van der Waals surface area contributed by atoms with Crippen LogP contribution in [0, 0.1) is 0 Å². The zero-order chi connectivity index (χ0) is 27.5. The maximum atomic E-state index is 13.8. The van der Waals surface area contributed by atoms with Crippen LogP contribution < -0.4 is 24.9 Å². The van der Waals surface area contributed by atoms with E-state index >= 15 is 0 Å². The van der Waals surface area contributed by atoms with E-state index in [-0.39, 0.29) is 11.5 Å². The summed E-state index contributed by atoms with van der Waals surface area (Å²) < 4.78 is 7.19. The molecule has 0 bridgehead atoms. The number of anilines is 1. The molecular weight excluding hydrogens is 538 g/mol. The third kappa shape index (κ3) is 5.69. The Morgan fingerprint density at radius 1 is 1.10 bits per heavy atom. The van der Waals surface area contributed by atoms with Crippen molar-refractivity contribution in [1.82, 2.24) is 4.57 Å². The maximum absolute atomic E-state index is 13.8. The Morgan fingerprint density at radius 3 is 2.56 bits per heavy atom. The molecule has 10 heteroatoms. The minimum atomic E-state index is -1.08. The van der Waals surface area contributed by atoms with E-state index in [1.807, 2.05) is 18.2 Å². The van der Waals surface area contributed by atoms with Crippen molar-refractivity contribution in [2.45, 2.75) is 13.0 Å². The van der Waals surface area contributed by atoms with Crippen LogP contribution >= 0.6 is 22.9 Å². The second-order valence-electron chi connectivity index (χ2n) is 8.71. The Bertz CT molecular complexity index is 1780. The predicted molar refractivity (Wildman–Crippen MR) is 150 cm³/mol. The molecule has 0 fully saturated rings. The van der Waals surface area contributed by atoms with Gasteiger partial charge in [-0.05, 0) is 60.5 Å². The van der Waals surface area contributed by atoms with Gasteiger partial charge in [0.1, 0.15) is 5.75 Å². The van der Waals surface area contributed by atoms with Gasteiger partial charge in [0.05, 0.1) is 21.8 Å². The summed E-state index contributed by atoms with van der Waals surface area (Å²) in [6.45, 7) is 1.28. The second-order valence-corrected chi connectivity index (χ2v) is 10.2. The van der Waals surface area contributed by atoms with Crippen LogP contribution in [0.2, 0.25) is 5.02 Å². The van der Waals surface area contributed by atoms with Crippen molar-refractivity contribution < 1.29 is 19.4 Å². The Labute approximate surface area is 231 Å². The number of carboxylic acid groups (broad SMARTS) is 1. The van der Waals surface area contributed by atoms with Crippen molar-refractivity contribution in [3.8, 4) is 5.75 Å². The molecule has 0 saturated heterocycles. The number of aliphatic carboxylic acids is 1. The molecule has 5 rings (SSSR count). The fraction of sp³-hybridized carbons (Fsp3) is 0.103. The lowest BCUT2D eigenvalue weighted by Gasteiger charge is -2.25. The summed E-state index contributed by atoms with van der Waals surface area (Å²) in [5, 5.41) is 12.3. The molecule has 0 unspecified atom stereocenters. The number of carbonyl (C=O) groups excluding carboxylic acids is 1. The van der Waals surface area contributed by atoms with Crippen LogP contribution in [-0.2, 0) is 9.59 Å². The van der Waals surface area contributed by atoms with Crippen molar-refractivity contribution in [3.05, 3.63) is 126 Å². The highest BCUT2D eigenvalue weighted by Crippen LogP contribution is 2.31. The molecule has 8 nitrogen and oxygen atoms in total. The summed E-state index contributed by atoms with van der Waals surface area (Å²) in [4.78, 5) is 43.3. The maximum Gasteiger partial charge on any atom is 0.341 e. The fourth-order valence-corrected chi connectivity index (χ4v) is 5.46. The minimum Gasteiger partial charge on any atom is -0.482 e. The predicted octanol–water partition coefficient (Wildman–Crippen LogP) is 3.99. The number of nitrogens with one attached hydrogen (secondary N) is 1. The van der Waals surface area contributed by atoms with E-state index in [0.29, 0.717) is 48.2 Å². The topological polar surface area (TPSA) is 110 Å². The molecule has 0 aliphatic carbocycles. The Hall–Kier alpha value is -4.47. The molecular formula is C29H22ClN3O5S. The quantitative estimate of drug-likeness (QED) is 0.356. The molecule has 1 aliphatic rings. The van der Waals surface area contributed by atoms with Gasteiger partial charge in [-0.25, -0.2) is 9.79 Å². The van der Waals surface area contributed by atoms with Crippen molar-refractivity contribution in [2.24, 2.45) is 4.99 Å². The van der Waals surface area contributed by atoms with Gasteiger partial charge in [-0.3, -0.25) is 14.2 Å². The molecule has 0 saturated carbocycles. The van der Waals surface area contributed by atoms with Crippen molar-refractivity contribution in [3.63, 3.8) is 0 Å². The van der Waals surface area contributed by atoms with E-state index in [4.69, 9.17) is 21.4 Å². The second kappa shape index (κ2) is 11.1. The average Bonchev–Trinajstić information content (AvgIpc) is 3.22. The number of carboxylic acids is 1. The van der Waals surface area contributed by atoms with E-state index in [2.05, 4.69) is 10.3 Å². The van der Waals surface area contributed by atoms with Crippen LogP contribution in [-0.4, -0.2) is 28.2 Å². The van der Waals surface area contributed by atoms with Gasteiger partial charge in [-0.15, -0.1) is 0 Å². The number of ether oxygens (including phenoxy) is 1. The van der Waals surface area contributed by atoms with Crippen molar-refractivity contribution in [1.29, 1.82) is 0 Å². The highest BCUT2D eigenvalue weighted by Gasteiger charge is 2.32. The van der Waals surface area contributed by atoms with Gasteiger partial charge in [0.2, 0.25) is 0 Å². The number of allylic oxidation sites excluding steroid dienone is 1. The van der Waals surface area contributed by atoms with Gasteiger partial charge in [0.25, 0.3) is 11.5 Å². The van der Waals surface area contributed by atoms with Crippen LogP contribution in [0.1, 0.15) is 24.1 Å². The van der Waals surface area contributed by atoms with E-state index < -0.39 is 18.6 Å². The number of hydrogen-bond acceptors (Lipinski definition) is 6. The first-order chi connectivity index (χ1) is 18.8. The molecule has 0 spiro atoms. The fourth-order valence-electron chi connectivity index (χ4n) is 4.28. The summed E-state index contributed by atoms with van der Waals surface area (Å²) in [6, 6.07) is 22.2. The lowest BCUT2D eigenvalue weighted by Crippen LogP contribution is -2.40. The van der Waals surface area contributed by atoms with Crippen molar-refractivity contribution in [2.75, 3.05) is 11.9 Å². The number of rotatable bonds is 7. The van der Waals surface area contributed by atoms with Gasteiger partial charge in [-0.1, -0.05) is 65.4 Å². The van der Waals surface area contributed by atoms with E-state index in [0.717, 1.165) is 0 Å². The number of nitrogens with zero attached hydrogens (tertiary/aromatic N) is 2. The largest absolute Gasteiger partial charge is 0.482 e. The lowest BCUT2D eigenvalue weighted by atomic mass is 9.95. The average molecular weight is 560 g/mol. The summed E-state index contributed by atoms with van der Waals surface area (Å²) in [5.41, 5.74) is 2.53. The summed E-state index contributed by atoms with van der Waals surface area (Å²) in [6.07, 6.45) is 1.69. The highest BCUT2D eigenvalue weighted by molar-refractivity contribution is 7.07. The monoisotopic (exact) mass is 559 g/mol. The van der Waals surface area contributed by atoms with Crippen LogP contribution in [0.5, 0.6) is 5.75 Å². The van der Waals surface area contributed by atoms with Gasteiger partial charge < -0.3 is 15.2 Å². The SMILES string of the molecule is CC1=C(C(=O)Nc2ccccc2)[C@@H](c2ccc(Cl)cc2)n2c(s/c(=C\c3cccc(OCC(=O)O)c3)c2=O)=N1. The minimum absolute atomic E-state index is 0.312. The number of thiazole rings is 1. The standard InChI is InChI=1S/C29H22ClN3O5S/c1-17-25(27(36)32-21-7-3-2-4-8-21)26(19-10-12-20(30)13-11-19)33-28(37)23(39-29(33)31-17)15-18-6-5-9-22(14-18)38-16-24(34)35/h2-15,26H,16H2,1H3,(H,32,36)(H,34,35)/b23-15-/t26-/m1/s1. The molecule has 39 heavy (non-hydrogen) atoms. The molecule has 2 N–H and O–H groups in total. The number of amides is 1. The number of aromatic nitrogens is 1. The van der Waals surface area contributed by atoms with Gasteiger partial charge in [0.15, 0.2) is 11.4 Å². The third-order valence-electron chi connectivity index (χ3n) is 6.00. The molecule has 3 aromatic carbocycles. The van der Waals surface area contributed by atoms with Crippen LogP contribution in [0.4, 0.5) is 5.69 Å². The molecule has 0 radical (unpaired) electrons. The van der Waals surface area contributed by atoms with Crippen molar-refractivity contribution >= 4 is 46.6 Å². The zero-order valence-electron chi connectivity index (χ0n) is 20.6. The van der Waals surface area contributed by atoms with Crippen LogP contribution in [0.25, 0.3) is 6.08 Å². The zero-order valence-corrected chi connectivity index (χ0v) is 22.2. The molecule has 2 heterocycles. The number of halogens is 1. The van der Waals surface area contributed by atoms with E-state index in [9.17, 15) is 14.4 Å². The third-order valence-corrected chi connectivity index (χ3v) is 7.24. The van der Waals surface area contributed by atoms with E-state index in [1.54, 1.807) is 73.7 Å². The Balaban J connectivity index is 1.61. The first kappa shape index (κ1) is 26.1. The first-order valence-corrected chi connectivity index (χ1v) is 13.1. The van der Waals surface area contributed by atoms with Crippen LogP contribution in [0.3, 0.4) is 0 Å². The lowest BCUT2D eigenvalue weighted by molar-refractivity contribution is -0.139. The number of fused-ring (bicyclic) bond motifs is 1. The first-order valence-electron chi connectivity index (χ1n) is 11.9. The summed E-state index contributed by atoms with van der Waals surface area (Å²) in [7, 11) is 0. The smallest absolute Gasteiger partial charge is 0.341 e. The van der Waals surface area contributed by atoms with Crippen LogP contribution in [0.15, 0.2) is 99.9 Å². The molecule has 196 valence electrons. The highest BCUT2D eigenvalue weighted by atomic mass is 35.5. The number of hydrogen-bond donors (Lipinski definition) is 2. The number of benzene rings is 3. The van der Waals surface area contributed by atoms with Gasteiger partial charge in [-0.2, -0.15) is 0 Å². The summed E-state index contributed by atoms with van der Waals surface area (Å²) >= 11 is 7.35. The summed E-state index contributed by atoms with van der Waals surface area (Å²) in [5.74, 6) is -1.08. The molecule has 1 atom stereocenters. The van der Waals surface area contributed by atoms with Gasteiger partial charge in [0, 0.05) is 10.7 Å². The normalized spacial score (nSPS) is 14.9.